The van der Waals surface area contributed by atoms with E-state index in [0.717, 1.165) is 10.0 Å². The maximum Gasteiger partial charge on any atom is 0.253 e. The molecule has 1 aromatic heterocycles. The Kier molecular flexibility index (Phi) is 3.94. The van der Waals surface area contributed by atoms with Crippen LogP contribution in [0.15, 0.2) is 47.2 Å². The maximum atomic E-state index is 11.9. The van der Waals surface area contributed by atoms with E-state index >= 15 is 0 Å². The second-order valence-corrected chi connectivity index (χ2v) is 4.69. The molecule has 0 unspecified atom stereocenters. The fourth-order valence-corrected chi connectivity index (χ4v) is 1.90. The lowest BCUT2D eigenvalue weighted by Crippen LogP contribution is -2.23. The number of benzene rings is 1. The largest absolute Gasteiger partial charge is 0.398 e. The van der Waals surface area contributed by atoms with Gasteiger partial charge in [0.05, 0.1) is 5.56 Å². The van der Waals surface area contributed by atoms with Crippen LogP contribution in [0.3, 0.4) is 0 Å². The predicted octanol–water partition coefficient (Wildman–Crippen LogP) is 2.36. The van der Waals surface area contributed by atoms with E-state index in [-0.39, 0.29) is 5.91 Å². The number of amides is 1. The minimum atomic E-state index is -0.191. The highest BCUT2D eigenvalue weighted by atomic mass is 79.9. The number of nitrogens with two attached hydrogens (primary N) is 1. The number of carbonyl (C=O) groups excluding carboxylic acids is 1. The summed E-state index contributed by atoms with van der Waals surface area (Å²) in [5.74, 6) is -0.191. The lowest BCUT2D eigenvalue weighted by atomic mass is 10.1. The van der Waals surface area contributed by atoms with Crippen molar-refractivity contribution in [2.75, 3.05) is 5.73 Å². The van der Waals surface area contributed by atoms with Gasteiger partial charge in [0.25, 0.3) is 5.91 Å². The van der Waals surface area contributed by atoms with Gasteiger partial charge < -0.3 is 11.1 Å². The van der Waals surface area contributed by atoms with Crippen LogP contribution in [0, 0.1) is 0 Å². The van der Waals surface area contributed by atoms with Crippen LogP contribution in [0.25, 0.3) is 0 Å². The first kappa shape index (κ1) is 12.6. The molecule has 1 heterocycles. The summed E-state index contributed by atoms with van der Waals surface area (Å²) >= 11 is 3.30. The third kappa shape index (κ3) is 3.07. The Balaban J connectivity index is 2.04. The van der Waals surface area contributed by atoms with Crippen molar-refractivity contribution in [1.82, 2.24) is 10.3 Å². The third-order valence-corrected chi connectivity index (χ3v) is 2.93. The molecular weight excluding hydrogens is 294 g/mol. The Bertz CT molecular complexity index is 557. The van der Waals surface area contributed by atoms with Crippen LogP contribution < -0.4 is 11.1 Å². The molecule has 2 rings (SSSR count). The molecule has 0 radical (unpaired) electrons. The average Bonchev–Trinajstić information content (AvgIpc) is 2.37. The summed E-state index contributed by atoms with van der Waals surface area (Å²) in [4.78, 5) is 15.9. The molecule has 4 nitrogen and oxygen atoms in total. The standard InChI is InChI=1S/C13H12BrN3O/c14-10-3-4-11(12(15)6-10)13(18)17-8-9-2-1-5-16-7-9/h1-7H,8,15H2,(H,17,18). The molecule has 2 aromatic rings. The van der Waals surface area contributed by atoms with E-state index < -0.39 is 0 Å². The second kappa shape index (κ2) is 5.64. The monoisotopic (exact) mass is 305 g/mol. The fourth-order valence-electron chi connectivity index (χ4n) is 1.52. The number of halogens is 1. The molecule has 0 saturated heterocycles. The van der Waals surface area contributed by atoms with E-state index in [1.54, 1.807) is 30.6 Å². The summed E-state index contributed by atoms with van der Waals surface area (Å²) in [5.41, 5.74) is 7.66. The van der Waals surface area contributed by atoms with E-state index in [4.69, 9.17) is 5.73 Å². The van der Waals surface area contributed by atoms with Crippen LogP contribution in [-0.2, 0) is 6.54 Å². The molecule has 1 amide bonds. The summed E-state index contributed by atoms with van der Waals surface area (Å²) < 4.78 is 0.851. The first-order valence-electron chi connectivity index (χ1n) is 5.39. The van der Waals surface area contributed by atoms with Crippen molar-refractivity contribution in [2.24, 2.45) is 0 Å². The Morgan fingerprint density at radius 3 is 2.89 bits per heavy atom. The molecular formula is C13H12BrN3O. The van der Waals surface area contributed by atoms with Gasteiger partial charge in [-0.3, -0.25) is 9.78 Å². The Hall–Kier alpha value is -1.88. The molecule has 0 atom stereocenters. The van der Waals surface area contributed by atoms with Gasteiger partial charge in [0.15, 0.2) is 0 Å². The van der Waals surface area contributed by atoms with Crippen molar-refractivity contribution in [3.63, 3.8) is 0 Å². The van der Waals surface area contributed by atoms with Gasteiger partial charge in [0, 0.05) is 29.1 Å². The highest BCUT2D eigenvalue weighted by Gasteiger charge is 2.09. The number of hydrogen-bond acceptors (Lipinski definition) is 3. The number of nitrogens with zero attached hydrogens (tertiary/aromatic N) is 1. The fraction of sp³-hybridized carbons (Fsp3) is 0.0769. The van der Waals surface area contributed by atoms with Crippen molar-refractivity contribution in [3.8, 4) is 0 Å². The Morgan fingerprint density at radius 2 is 2.22 bits per heavy atom. The van der Waals surface area contributed by atoms with Gasteiger partial charge in [0.2, 0.25) is 0 Å². The number of nitrogens with one attached hydrogen (secondary N) is 1. The van der Waals surface area contributed by atoms with Crippen molar-refractivity contribution < 1.29 is 4.79 Å². The number of anilines is 1. The molecule has 5 heteroatoms. The Morgan fingerprint density at radius 1 is 1.39 bits per heavy atom. The lowest BCUT2D eigenvalue weighted by Gasteiger charge is -2.07. The van der Waals surface area contributed by atoms with Crippen LogP contribution in [0.4, 0.5) is 5.69 Å². The highest BCUT2D eigenvalue weighted by Crippen LogP contribution is 2.18. The van der Waals surface area contributed by atoms with Crippen molar-refractivity contribution in [1.29, 1.82) is 0 Å². The van der Waals surface area contributed by atoms with Gasteiger partial charge in [0.1, 0.15) is 0 Å². The summed E-state index contributed by atoms with van der Waals surface area (Å²) in [6.07, 6.45) is 3.41. The smallest absolute Gasteiger partial charge is 0.253 e. The highest BCUT2D eigenvalue weighted by molar-refractivity contribution is 9.10. The number of aromatic nitrogens is 1. The molecule has 3 N–H and O–H groups in total. The molecule has 0 saturated carbocycles. The van der Waals surface area contributed by atoms with Crippen LogP contribution in [-0.4, -0.2) is 10.9 Å². The summed E-state index contributed by atoms with van der Waals surface area (Å²) in [5, 5.41) is 2.80. The van der Waals surface area contributed by atoms with E-state index in [9.17, 15) is 4.79 Å². The molecule has 18 heavy (non-hydrogen) atoms. The molecule has 0 aliphatic carbocycles. The SMILES string of the molecule is Nc1cc(Br)ccc1C(=O)NCc1cccnc1. The molecule has 0 fully saturated rings. The van der Waals surface area contributed by atoms with Crippen molar-refractivity contribution in [2.45, 2.75) is 6.54 Å². The van der Waals surface area contributed by atoms with Crippen molar-refractivity contribution in [3.05, 3.63) is 58.3 Å². The molecule has 0 bridgehead atoms. The van der Waals surface area contributed by atoms with Crippen LogP contribution in [0.1, 0.15) is 15.9 Å². The van der Waals surface area contributed by atoms with Gasteiger partial charge >= 0.3 is 0 Å². The van der Waals surface area contributed by atoms with Gasteiger partial charge in [-0.2, -0.15) is 0 Å². The second-order valence-electron chi connectivity index (χ2n) is 3.78. The zero-order valence-corrected chi connectivity index (χ0v) is 11.1. The van der Waals surface area contributed by atoms with Gasteiger partial charge in [-0.05, 0) is 29.8 Å². The topological polar surface area (TPSA) is 68.0 Å². The van der Waals surface area contributed by atoms with E-state index in [1.165, 1.54) is 0 Å². The summed E-state index contributed by atoms with van der Waals surface area (Å²) in [6, 6.07) is 8.92. The van der Waals surface area contributed by atoms with Crippen molar-refractivity contribution >= 4 is 27.5 Å². The third-order valence-electron chi connectivity index (χ3n) is 2.43. The first-order chi connectivity index (χ1) is 8.66. The minimum absolute atomic E-state index is 0.191. The van der Waals surface area contributed by atoms with Gasteiger partial charge in [-0.25, -0.2) is 0 Å². The molecule has 0 aliphatic rings. The molecule has 1 aromatic carbocycles. The zero-order chi connectivity index (χ0) is 13.0. The summed E-state index contributed by atoms with van der Waals surface area (Å²) in [7, 11) is 0. The number of nitrogen functional groups attached to an aromatic ring is 1. The molecule has 0 spiro atoms. The van der Waals surface area contributed by atoms with Gasteiger partial charge in [-0.1, -0.05) is 22.0 Å². The van der Waals surface area contributed by atoms with E-state index in [2.05, 4.69) is 26.2 Å². The van der Waals surface area contributed by atoms with Crippen LogP contribution >= 0.6 is 15.9 Å². The lowest BCUT2D eigenvalue weighted by molar-refractivity contribution is 0.0952. The maximum absolute atomic E-state index is 11.9. The molecule has 92 valence electrons. The average molecular weight is 306 g/mol. The molecule has 0 aliphatic heterocycles. The van der Waals surface area contributed by atoms with Crippen LogP contribution in [0.2, 0.25) is 0 Å². The summed E-state index contributed by atoms with van der Waals surface area (Å²) in [6.45, 7) is 0.433. The first-order valence-corrected chi connectivity index (χ1v) is 6.18. The number of pyridine rings is 1. The number of rotatable bonds is 3. The minimum Gasteiger partial charge on any atom is -0.398 e. The van der Waals surface area contributed by atoms with E-state index in [1.807, 2.05) is 12.1 Å². The normalized spacial score (nSPS) is 10.1. The zero-order valence-electron chi connectivity index (χ0n) is 9.56. The Labute approximate surface area is 113 Å². The van der Waals surface area contributed by atoms with Gasteiger partial charge in [-0.15, -0.1) is 0 Å². The predicted molar refractivity (Wildman–Crippen MR) is 74.0 cm³/mol. The number of hydrogen-bond donors (Lipinski definition) is 2. The quantitative estimate of drug-likeness (QED) is 0.855. The van der Waals surface area contributed by atoms with E-state index in [0.29, 0.717) is 17.8 Å². The number of carbonyl (C=O) groups is 1. The van der Waals surface area contributed by atoms with Crippen LogP contribution in [0.5, 0.6) is 0 Å².